The van der Waals surface area contributed by atoms with E-state index in [1.165, 1.54) is 0 Å². The van der Waals surface area contributed by atoms with Gasteiger partial charge < -0.3 is 10.6 Å². The summed E-state index contributed by atoms with van der Waals surface area (Å²) < 4.78 is 0. The summed E-state index contributed by atoms with van der Waals surface area (Å²) >= 11 is 1.63. The molecule has 0 radical (unpaired) electrons. The van der Waals surface area contributed by atoms with Gasteiger partial charge in [0.1, 0.15) is 0 Å². The Balaban J connectivity index is 1.95. The third-order valence-electron chi connectivity index (χ3n) is 3.02. The van der Waals surface area contributed by atoms with Crippen molar-refractivity contribution < 1.29 is 4.79 Å². The molecule has 0 aliphatic rings. The van der Waals surface area contributed by atoms with Crippen molar-refractivity contribution in [2.45, 2.75) is 20.3 Å². The third kappa shape index (κ3) is 3.57. The Morgan fingerprint density at radius 2 is 2.15 bits per heavy atom. The lowest BCUT2D eigenvalue weighted by atomic mass is 10.1. The van der Waals surface area contributed by atoms with E-state index in [-0.39, 0.29) is 5.91 Å². The van der Waals surface area contributed by atoms with Gasteiger partial charge in [-0.2, -0.15) is 0 Å². The number of hydrogen-bond acceptors (Lipinski definition) is 4. The largest absolute Gasteiger partial charge is 0.387 e. The molecule has 106 valence electrons. The average Bonchev–Trinajstić information content (AvgIpc) is 2.84. The van der Waals surface area contributed by atoms with E-state index in [0.29, 0.717) is 12.1 Å². The van der Waals surface area contributed by atoms with Crippen molar-refractivity contribution in [2.24, 2.45) is 0 Å². The number of nitrogens with one attached hydrogen (secondary N) is 2. The number of benzene rings is 1. The molecule has 1 heterocycles. The molecule has 0 saturated heterocycles. The summed E-state index contributed by atoms with van der Waals surface area (Å²) in [6.45, 7) is 4.59. The van der Waals surface area contributed by atoms with E-state index in [9.17, 15) is 4.79 Å². The van der Waals surface area contributed by atoms with Crippen LogP contribution in [-0.4, -0.2) is 24.5 Å². The van der Waals surface area contributed by atoms with Crippen LogP contribution in [0.25, 0.3) is 0 Å². The van der Waals surface area contributed by atoms with Gasteiger partial charge in [0.05, 0.1) is 16.3 Å². The number of aromatic nitrogens is 1. The molecule has 2 N–H and O–H groups in total. The van der Waals surface area contributed by atoms with Crippen molar-refractivity contribution in [2.75, 3.05) is 18.9 Å². The van der Waals surface area contributed by atoms with Crippen LogP contribution >= 0.6 is 11.3 Å². The fourth-order valence-corrected chi connectivity index (χ4v) is 2.63. The minimum absolute atomic E-state index is 0.0544. The maximum absolute atomic E-state index is 12.2. The lowest BCUT2D eigenvalue weighted by molar-refractivity contribution is 0.0955. The first kappa shape index (κ1) is 14.5. The fourth-order valence-electron chi connectivity index (χ4n) is 1.99. The predicted molar refractivity (Wildman–Crippen MR) is 83.6 cm³/mol. The van der Waals surface area contributed by atoms with Crippen LogP contribution in [0.5, 0.6) is 0 Å². The van der Waals surface area contributed by atoms with Crippen LogP contribution in [0.4, 0.5) is 5.69 Å². The van der Waals surface area contributed by atoms with Crippen LogP contribution in [0, 0.1) is 13.8 Å². The zero-order chi connectivity index (χ0) is 14.5. The first-order valence-corrected chi connectivity index (χ1v) is 7.45. The van der Waals surface area contributed by atoms with Gasteiger partial charge in [0.15, 0.2) is 0 Å². The number of thiazole rings is 1. The minimum atomic E-state index is -0.0544. The second-order valence-corrected chi connectivity index (χ2v) is 5.73. The van der Waals surface area contributed by atoms with E-state index in [4.69, 9.17) is 0 Å². The number of anilines is 1. The standard InChI is InChI=1S/C15H19N3OS/c1-10-4-5-13(14(8-10)16-3)15(19)17-7-6-12-9-20-11(2)18-12/h4-5,8-9,16H,6-7H2,1-3H3,(H,17,19). The Bertz CT molecular complexity index is 607. The average molecular weight is 289 g/mol. The molecule has 5 heteroatoms. The first-order chi connectivity index (χ1) is 9.60. The molecule has 0 unspecified atom stereocenters. The molecular formula is C15H19N3OS. The maximum Gasteiger partial charge on any atom is 0.253 e. The molecule has 0 fully saturated rings. The molecule has 1 amide bonds. The number of aryl methyl sites for hydroxylation is 2. The van der Waals surface area contributed by atoms with Crippen molar-refractivity contribution in [1.82, 2.24) is 10.3 Å². The lowest BCUT2D eigenvalue weighted by Crippen LogP contribution is -2.26. The molecule has 2 rings (SSSR count). The number of carbonyl (C=O) groups excluding carboxylic acids is 1. The summed E-state index contributed by atoms with van der Waals surface area (Å²) in [5.41, 5.74) is 3.69. The summed E-state index contributed by atoms with van der Waals surface area (Å²) in [5.74, 6) is -0.0544. The normalized spacial score (nSPS) is 10.3. The van der Waals surface area contributed by atoms with Crippen LogP contribution in [0.15, 0.2) is 23.6 Å². The monoisotopic (exact) mass is 289 g/mol. The highest BCUT2D eigenvalue weighted by Gasteiger charge is 2.10. The molecule has 1 aromatic heterocycles. The molecule has 0 aliphatic carbocycles. The first-order valence-electron chi connectivity index (χ1n) is 6.57. The summed E-state index contributed by atoms with van der Waals surface area (Å²) in [6, 6.07) is 5.77. The smallest absolute Gasteiger partial charge is 0.253 e. The van der Waals surface area contributed by atoms with Gasteiger partial charge in [0.2, 0.25) is 0 Å². The molecular weight excluding hydrogens is 270 g/mol. The molecule has 0 spiro atoms. The number of carbonyl (C=O) groups is 1. The van der Waals surface area contributed by atoms with Crippen molar-refractivity contribution in [3.63, 3.8) is 0 Å². The van der Waals surface area contributed by atoms with E-state index < -0.39 is 0 Å². The Kier molecular flexibility index (Phi) is 4.74. The highest BCUT2D eigenvalue weighted by atomic mass is 32.1. The zero-order valence-corrected chi connectivity index (χ0v) is 12.8. The summed E-state index contributed by atoms with van der Waals surface area (Å²) in [7, 11) is 1.82. The number of rotatable bonds is 5. The Labute approximate surface area is 123 Å². The number of amides is 1. The SMILES string of the molecule is CNc1cc(C)ccc1C(=O)NCCc1csc(C)n1. The summed E-state index contributed by atoms with van der Waals surface area (Å²) in [6.07, 6.45) is 0.761. The van der Waals surface area contributed by atoms with E-state index in [1.807, 2.05) is 44.5 Å². The van der Waals surface area contributed by atoms with Crippen LogP contribution in [0.2, 0.25) is 0 Å². The molecule has 0 atom stereocenters. The predicted octanol–water partition coefficient (Wildman–Crippen LogP) is 2.77. The van der Waals surface area contributed by atoms with Crippen LogP contribution in [0.1, 0.15) is 26.6 Å². The topological polar surface area (TPSA) is 54.0 Å². The van der Waals surface area contributed by atoms with Crippen molar-refractivity contribution >= 4 is 22.9 Å². The van der Waals surface area contributed by atoms with Gasteiger partial charge >= 0.3 is 0 Å². The van der Waals surface area contributed by atoms with E-state index in [2.05, 4.69) is 15.6 Å². The van der Waals surface area contributed by atoms with Crippen LogP contribution < -0.4 is 10.6 Å². The molecule has 2 aromatic rings. The highest BCUT2D eigenvalue weighted by molar-refractivity contribution is 7.09. The quantitative estimate of drug-likeness (QED) is 0.890. The summed E-state index contributed by atoms with van der Waals surface area (Å²) in [4.78, 5) is 16.5. The van der Waals surface area contributed by atoms with Crippen molar-refractivity contribution in [3.05, 3.63) is 45.4 Å². The van der Waals surface area contributed by atoms with Gasteiger partial charge in [-0.1, -0.05) is 6.07 Å². The highest BCUT2D eigenvalue weighted by Crippen LogP contribution is 2.16. The van der Waals surface area contributed by atoms with Gasteiger partial charge in [0.25, 0.3) is 5.91 Å². The number of hydrogen-bond donors (Lipinski definition) is 2. The van der Waals surface area contributed by atoms with Crippen LogP contribution in [0.3, 0.4) is 0 Å². The van der Waals surface area contributed by atoms with Crippen LogP contribution in [-0.2, 0) is 6.42 Å². The number of nitrogens with zero attached hydrogens (tertiary/aromatic N) is 1. The van der Waals surface area contributed by atoms with Gasteiger partial charge in [-0.25, -0.2) is 4.98 Å². The zero-order valence-electron chi connectivity index (χ0n) is 12.0. The molecule has 1 aromatic carbocycles. The second-order valence-electron chi connectivity index (χ2n) is 4.66. The van der Waals surface area contributed by atoms with Crippen molar-refractivity contribution in [1.29, 1.82) is 0 Å². The molecule has 0 bridgehead atoms. The molecule has 4 nitrogen and oxygen atoms in total. The molecule has 0 saturated carbocycles. The third-order valence-corrected chi connectivity index (χ3v) is 3.84. The second kappa shape index (κ2) is 6.52. The minimum Gasteiger partial charge on any atom is -0.387 e. The Morgan fingerprint density at radius 1 is 1.35 bits per heavy atom. The van der Waals surface area contributed by atoms with E-state index in [0.717, 1.165) is 28.4 Å². The van der Waals surface area contributed by atoms with E-state index >= 15 is 0 Å². The molecule has 20 heavy (non-hydrogen) atoms. The van der Waals surface area contributed by atoms with Crippen molar-refractivity contribution in [3.8, 4) is 0 Å². The summed E-state index contributed by atoms with van der Waals surface area (Å²) in [5, 5.41) is 9.09. The fraction of sp³-hybridized carbons (Fsp3) is 0.333. The Hall–Kier alpha value is -1.88. The maximum atomic E-state index is 12.2. The van der Waals surface area contributed by atoms with Gasteiger partial charge in [-0.15, -0.1) is 11.3 Å². The van der Waals surface area contributed by atoms with Gasteiger partial charge in [-0.3, -0.25) is 4.79 Å². The Morgan fingerprint density at radius 3 is 2.80 bits per heavy atom. The van der Waals surface area contributed by atoms with Gasteiger partial charge in [-0.05, 0) is 31.5 Å². The van der Waals surface area contributed by atoms with E-state index in [1.54, 1.807) is 11.3 Å². The lowest BCUT2D eigenvalue weighted by Gasteiger charge is -2.10. The van der Waals surface area contributed by atoms with Gasteiger partial charge in [0, 0.05) is 31.1 Å². The molecule has 0 aliphatic heterocycles.